The van der Waals surface area contributed by atoms with Crippen molar-refractivity contribution in [3.8, 4) is 11.5 Å². The number of fused-ring (bicyclic) bond motifs is 1. The summed E-state index contributed by atoms with van der Waals surface area (Å²) in [6, 6.07) is 11.1. The maximum absolute atomic E-state index is 11.8. The SMILES string of the molecule is CCCC(=O)Nc1cc(-c2nc3cc(Cl)ccc3o2)ccc1C. The lowest BCUT2D eigenvalue weighted by Gasteiger charge is -2.09. The Morgan fingerprint density at radius 2 is 2.09 bits per heavy atom. The van der Waals surface area contributed by atoms with Gasteiger partial charge in [0.25, 0.3) is 0 Å². The van der Waals surface area contributed by atoms with Crippen molar-refractivity contribution in [2.75, 3.05) is 5.32 Å². The van der Waals surface area contributed by atoms with Gasteiger partial charge in [0.2, 0.25) is 11.8 Å². The molecule has 0 atom stereocenters. The predicted molar refractivity (Wildman–Crippen MR) is 92.7 cm³/mol. The highest BCUT2D eigenvalue weighted by atomic mass is 35.5. The number of hydrogen-bond donors (Lipinski definition) is 1. The molecular weight excluding hydrogens is 312 g/mol. The van der Waals surface area contributed by atoms with E-state index in [0.29, 0.717) is 28.4 Å². The van der Waals surface area contributed by atoms with Crippen LogP contribution in [0.15, 0.2) is 40.8 Å². The van der Waals surface area contributed by atoms with Gasteiger partial charge in [0.1, 0.15) is 5.52 Å². The van der Waals surface area contributed by atoms with Crippen molar-refractivity contribution in [2.24, 2.45) is 0 Å². The molecule has 0 saturated heterocycles. The lowest BCUT2D eigenvalue weighted by atomic mass is 10.1. The van der Waals surface area contributed by atoms with Gasteiger partial charge in [-0.2, -0.15) is 0 Å². The van der Waals surface area contributed by atoms with Crippen LogP contribution in [0.3, 0.4) is 0 Å². The van der Waals surface area contributed by atoms with E-state index in [4.69, 9.17) is 16.0 Å². The molecule has 1 N–H and O–H groups in total. The molecule has 1 heterocycles. The third-order valence-electron chi connectivity index (χ3n) is 3.59. The fourth-order valence-corrected chi connectivity index (χ4v) is 2.52. The zero-order valence-corrected chi connectivity index (χ0v) is 13.8. The number of amides is 1. The third kappa shape index (κ3) is 3.37. The normalized spacial score (nSPS) is 10.9. The van der Waals surface area contributed by atoms with Crippen LogP contribution < -0.4 is 5.32 Å². The van der Waals surface area contributed by atoms with E-state index in [1.165, 1.54) is 0 Å². The molecule has 0 fully saturated rings. The number of hydrogen-bond acceptors (Lipinski definition) is 3. The number of aromatic nitrogens is 1. The Bertz CT molecular complexity index is 871. The number of aryl methyl sites for hydroxylation is 1. The number of carbonyl (C=O) groups excluding carboxylic acids is 1. The minimum atomic E-state index is 0.0112. The summed E-state index contributed by atoms with van der Waals surface area (Å²) < 4.78 is 5.77. The molecule has 118 valence electrons. The van der Waals surface area contributed by atoms with Crippen LogP contribution in [0.25, 0.3) is 22.6 Å². The Labute approximate surface area is 139 Å². The van der Waals surface area contributed by atoms with Gasteiger partial charge in [-0.3, -0.25) is 4.79 Å². The van der Waals surface area contributed by atoms with Gasteiger partial charge in [-0.15, -0.1) is 0 Å². The summed E-state index contributed by atoms with van der Waals surface area (Å²) in [4.78, 5) is 16.3. The van der Waals surface area contributed by atoms with Crippen LogP contribution in [-0.4, -0.2) is 10.9 Å². The topological polar surface area (TPSA) is 55.1 Å². The molecule has 0 radical (unpaired) electrons. The molecule has 1 aromatic heterocycles. The van der Waals surface area contributed by atoms with E-state index >= 15 is 0 Å². The average molecular weight is 329 g/mol. The van der Waals surface area contributed by atoms with E-state index in [1.807, 2.05) is 32.0 Å². The van der Waals surface area contributed by atoms with Crippen molar-refractivity contribution in [1.29, 1.82) is 0 Å². The molecule has 0 saturated carbocycles. The van der Waals surface area contributed by atoms with Crippen molar-refractivity contribution in [3.63, 3.8) is 0 Å². The molecule has 4 nitrogen and oxygen atoms in total. The van der Waals surface area contributed by atoms with E-state index in [2.05, 4.69) is 10.3 Å². The summed E-state index contributed by atoms with van der Waals surface area (Å²) >= 11 is 5.98. The fraction of sp³-hybridized carbons (Fsp3) is 0.222. The number of anilines is 1. The second kappa shape index (κ2) is 6.42. The minimum absolute atomic E-state index is 0.0112. The third-order valence-corrected chi connectivity index (χ3v) is 3.82. The van der Waals surface area contributed by atoms with Gasteiger partial charge in [0.15, 0.2) is 5.58 Å². The van der Waals surface area contributed by atoms with Crippen LogP contribution >= 0.6 is 11.6 Å². The monoisotopic (exact) mass is 328 g/mol. The number of carbonyl (C=O) groups is 1. The molecule has 3 aromatic rings. The number of nitrogens with zero attached hydrogens (tertiary/aromatic N) is 1. The first-order valence-corrected chi connectivity index (χ1v) is 7.91. The minimum Gasteiger partial charge on any atom is -0.436 e. The van der Waals surface area contributed by atoms with Gasteiger partial charge in [0.05, 0.1) is 0 Å². The van der Waals surface area contributed by atoms with E-state index in [9.17, 15) is 4.79 Å². The number of halogens is 1. The summed E-state index contributed by atoms with van der Waals surface area (Å²) in [5.41, 5.74) is 3.99. The molecular formula is C18H17ClN2O2. The number of rotatable bonds is 4. The molecule has 23 heavy (non-hydrogen) atoms. The van der Waals surface area contributed by atoms with Crippen molar-refractivity contribution in [2.45, 2.75) is 26.7 Å². The fourth-order valence-electron chi connectivity index (χ4n) is 2.35. The predicted octanol–water partition coefficient (Wildman–Crippen LogP) is 5.20. The van der Waals surface area contributed by atoms with Crippen LogP contribution in [0.2, 0.25) is 5.02 Å². The summed E-state index contributed by atoms with van der Waals surface area (Å²) in [5, 5.41) is 3.55. The quantitative estimate of drug-likeness (QED) is 0.716. The molecule has 5 heteroatoms. The van der Waals surface area contributed by atoms with Gasteiger partial charge < -0.3 is 9.73 Å². The standard InChI is InChI=1S/C18H17ClN2O2/c1-3-4-17(22)20-14-9-12(6-5-11(14)2)18-21-15-10-13(19)7-8-16(15)23-18/h5-10H,3-4H2,1-2H3,(H,20,22). The highest BCUT2D eigenvalue weighted by Gasteiger charge is 2.11. The number of benzene rings is 2. The lowest BCUT2D eigenvalue weighted by Crippen LogP contribution is -2.11. The highest BCUT2D eigenvalue weighted by molar-refractivity contribution is 6.31. The summed E-state index contributed by atoms with van der Waals surface area (Å²) in [7, 11) is 0. The van der Waals surface area contributed by atoms with Crippen molar-refractivity contribution in [1.82, 2.24) is 4.98 Å². The van der Waals surface area contributed by atoms with Crippen molar-refractivity contribution in [3.05, 3.63) is 47.0 Å². The molecule has 3 rings (SSSR count). The Balaban J connectivity index is 1.96. The van der Waals surface area contributed by atoms with Gasteiger partial charge in [-0.05, 0) is 49.2 Å². The Morgan fingerprint density at radius 3 is 2.87 bits per heavy atom. The van der Waals surface area contributed by atoms with Gasteiger partial charge in [-0.1, -0.05) is 24.6 Å². The van der Waals surface area contributed by atoms with Gasteiger partial charge in [0, 0.05) is 22.7 Å². The highest BCUT2D eigenvalue weighted by Crippen LogP contribution is 2.29. The maximum atomic E-state index is 11.8. The second-order valence-corrected chi connectivity index (χ2v) is 5.90. The number of nitrogens with one attached hydrogen (secondary N) is 1. The molecule has 0 aliphatic rings. The molecule has 0 unspecified atom stereocenters. The van der Waals surface area contributed by atoms with Gasteiger partial charge >= 0.3 is 0 Å². The molecule has 0 aliphatic heterocycles. The van der Waals surface area contributed by atoms with Crippen LogP contribution in [0.4, 0.5) is 5.69 Å². The zero-order chi connectivity index (χ0) is 16.4. The summed E-state index contributed by atoms with van der Waals surface area (Å²) in [6.45, 7) is 3.93. The smallest absolute Gasteiger partial charge is 0.227 e. The molecule has 0 bridgehead atoms. The first-order chi connectivity index (χ1) is 11.1. The van der Waals surface area contributed by atoms with Crippen LogP contribution in [0.1, 0.15) is 25.3 Å². The zero-order valence-electron chi connectivity index (χ0n) is 13.0. The van der Waals surface area contributed by atoms with E-state index in [-0.39, 0.29) is 5.91 Å². The van der Waals surface area contributed by atoms with Gasteiger partial charge in [-0.25, -0.2) is 4.98 Å². The Morgan fingerprint density at radius 1 is 1.26 bits per heavy atom. The first-order valence-electron chi connectivity index (χ1n) is 7.54. The Hall–Kier alpha value is -2.33. The maximum Gasteiger partial charge on any atom is 0.227 e. The largest absolute Gasteiger partial charge is 0.436 e. The second-order valence-electron chi connectivity index (χ2n) is 5.46. The van der Waals surface area contributed by atoms with Crippen LogP contribution in [0, 0.1) is 6.92 Å². The molecule has 2 aromatic carbocycles. The lowest BCUT2D eigenvalue weighted by molar-refractivity contribution is -0.116. The summed E-state index contributed by atoms with van der Waals surface area (Å²) in [6.07, 6.45) is 1.32. The van der Waals surface area contributed by atoms with Crippen LogP contribution in [0.5, 0.6) is 0 Å². The number of oxazole rings is 1. The first kappa shape index (κ1) is 15.6. The van der Waals surface area contributed by atoms with Crippen molar-refractivity contribution >= 4 is 34.3 Å². The van der Waals surface area contributed by atoms with E-state index in [1.54, 1.807) is 18.2 Å². The van der Waals surface area contributed by atoms with Crippen molar-refractivity contribution < 1.29 is 9.21 Å². The van der Waals surface area contributed by atoms with E-state index < -0.39 is 0 Å². The summed E-state index contributed by atoms with van der Waals surface area (Å²) in [5.74, 6) is 0.519. The van der Waals surface area contributed by atoms with E-state index in [0.717, 1.165) is 23.2 Å². The molecule has 0 aliphatic carbocycles. The molecule has 1 amide bonds. The average Bonchev–Trinajstić information content (AvgIpc) is 2.92. The Kier molecular flexibility index (Phi) is 4.35. The van der Waals surface area contributed by atoms with Crippen LogP contribution in [-0.2, 0) is 4.79 Å². The molecule has 0 spiro atoms.